The fraction of sp³-hybridized carbons (Fsp3) is 0.292. The highest BCUT2D eigenvalue weighted by molar-refractivity contribution is 8.00. The smallest absolute Gasteiger partial charge is 0.341 e. The Hall–Kier alpha value is -6.05. The first kappa shape index (κ1) is 44.5. The molecule has 0 saturated heterocycles. The number of hydrogen-bond donors (Lipinski definition) is 3. The highest BCUT2D eigenvalue weighted by atomic mass is 32.2. The van der Waals surface area contributed by atoms with Crippen LogP contribution in [0.15, 0.2) is 108 Å². The van der Waals surface area contributed by atoms with Crippen LogP contribution in [0, 0.1) is 11.3 Å². The summed E-state index contributed by atoms with van der Waals surface area (Å²) in [6.07, 6.45) is 4.04. The summed E-state index contributed by atoms with van der Waals surface area (Å²) in [5.74, 6) is -0.262. The van der Waals surface area contributed by atoms with Crippen LogP contribution in [0.5, 0.6) is 17.2 Å². The van der Waals surface area contributed by atoms with E-state index in [1.54, 1.807) is 67.6 Å². The second-order valence-electron chi connectivity index (χ2n) is 15.5. The lowest BCUT2D eigenvalue weighted by Gasteiger charge is -2.33. The zero-order chi connectivity index (χ0) is 43.7. The van der Waals surface area contributed by atoms with Crippen LogP contribution < -0.4 is 30.2 Å². The Morgan fingerprint density at radius 3 is 2.15 bits per heavy atom. The summed E-state index contributed by atoms with van der Waals surface area (Å²) < 4.78 is 22.0. The molecule has 3 amide bonds. The second-order valence-corrected chi connectivity index (χ2v) is 17.7. The maximum Gasteiger partial charge on any atom is 0.341 e. The van der Waals surface area contributed by atoms with Crippen molar-refractivity contribution in [3.05, 3.63) is 135 Å². The van der Waals surface area contributed by atoms with Crippen molar-refractivity contribution < 1.29 is 38.1 Å². The molecule has 1 aromatic heterocycles. The number of methoxy groups -OCH3 is 3. The van der Waals surface area contributed by atoms with Crippen LogP contribution in [0.2, 0.25) is 0 Å². The minimum atomic E-state index is -0.732. The normalized spacial score (nSPS) is 14.2. The largest absolute Gasteiger partial charge is 0.493 e. The van der Waals surface area contributed by atoms with E-state index in [1.807, 2.05) is 36.4 Å². The molecule has 13 heteroatoms. The monoisotopic (exact) mass is 861 g/mol. The standard InChI is InChI=1S/C48H51N3O8S2/c1-8-59-47(55)40-35-23-22-32(48(2,3)4)27-39(35)61-46(40)51-45(54)42(30-16-11-9-12-17-30)60-34-21-15-20-33(28-34)49-44(53)36(50-43(52)31-18-13-10-14-19-31)24-29-25-37(56-5)41(58-7)38(26-29)57-6/h9-21,24-26,28,32,42H,8,22-23,27H2,1-7H3,(H,49,53)(H,50,52)(H,51,54)/b36-24+. The fourth-order valence-corrected chi connectivity index (χ4v) is 9.59. The lowest BCUT2D eigenvalue weighted by atomic mass is 9.72. The number of anilines is 2. The number of thiophene rings is 1. The Labute approximate surface area is 365 Å². The summed E-state index contributed by atoms with van der Waals surface area (Å²) in [4.78, 5) is 57.1. The van der Waals surface area contributed by atoms with Gasteiger partial charge in [0.15, 0.2) is 11.5 Å². The van der Waals surface area contributed by atoms with E-state index >= 15 is 0 Å². The first-order valence-electron chi connectivity index (χ1n) is 20.0. The SMILES string of the molecule is CCOC(=O)c1c(NC(=O)C(Sc2cccc(NC(=O)/C(=C\c3cc(OC)c(OC)c(OC)c3)NC(=O)c3ccccc3)c2)c2ccccc2)sc2c1CCC(C(C)(C)C)C2. The quantitative estimate of drug-likeness (QED) is 0.0533. The Kier molecular flexibility index (Phi) is 14.6. The van der Waals surface area contributed by atoms with Crippen molar-refractivity contribution in [2.75, 3.05) is 38.6 Å². The molecule has 1 aliphatic rings. The van der Waals surface area contributed by atoms with Crippen molar-refractivity contribution in [2.24, 2.45) is 11.3 Å². The zero-order valence-electron chi connectivity index (χ0n) is 35.4. The third-order valence-corrected chi connectivity index (χ3v) is 12.8. The average Bonchev–Trinajstić information content (AvgIpc) is 3.62. The maximum absolute atomic E-state index is 14.4. The summed E-state index contributed by atoms with van der Waals surface area (Å²) >= 11 is 2.76. The number of carbonyl (C=O) groups excluding carboxylic acids is 4. The van der Waals surface area contributed by atoms with E-state index in [2.05, 4.69) is 36.7 Å². The van der Waals surface area contributed by atoms with Gasteiger partial charge in [-0.2, -0.15) is 0 Å². The predicted molar refractivity (Wildman–Crippen MR) is 242 cm³/mol. The summed E-state index contributed by atoms with van der Waals surface area (Å²) in [5.41, 5.74) is 3.50. The number of benzene rings is 4. The number of amides is 3. The van der Waals surface area contributed by atoms with Gasteiger partial charge in [-0.3, -0.25) is 14.4 Å². The third kappa shape index (κ3) is 10.8. The highest BCUT2D eigenvalue weighted by Crippen LogP contribution is 2.46. The van der Waals surface area contributed by atoms with E-state index in [1.165, 1.54) is 50.5 Å². The molecule has 5 aromatic rings. The van der Waals surface area contributed by atoms with Gasteiger partial charge in [-0.05, 0) is 103 Å². The van der Waals surface area contributed by atoms with Gasteiger partial charge in [0, 0.05) is 21.0 Å². The molecule has 1 heterocycles. The summed E-state index contributed by atoms with van der Waals surface area (Å²) in [5, 5.41) is 8.59. The van der Waals surface area contributed by atoms with E-state index in [9.17, 15) is 19.2 Å². The van der Waals surface area contributed by atoms with Crippen LogP contribution in [0.3, 0.4) is 0 Å². The molecule has 318 valence electrons. The zero-order valence-corrected chi connectivity index (χ0v) is 37.0. The van der Waals surface area contributed by atoms with Gasteiger partial charge in [-0.15, -0.1) is 23.1 Å². The first-order chi connectivity index (χ1) is 29.3. The predicted octanol–water partition coefficient (Wildman–Crippen LogP) is 9.98. The molecule has 0 aliphatic heterocycles. The van der Waals surface area contributed by atoms with Crippen LogP contribution in [-0.2, 0) is 27.2 Å². The summed E-state index contributed by atoms with van der Waals surface area (Å²) in [6, 6.07) is 28.4. The topological polar surface area (TPSA) is 141 Å². The molecule has 0 bridgehead atoms. The van der Waals surface area contributed by atoms with Crippen molar-refractivity contribution >= 4 is 63.6 Å². The molecule has 6 rings (SSSR count). The van der Waals surface area contributed by atoms with Gasteiger partial charge in [0.25, 0.3) is 11.8 Å². The molecule has 0 spiro atoms. The van der Waals surface area contributed by atoms with Gasteiger partial charge in [0.1, 0.15) is 15.9 Å². The van der Waals surface area contributed by atoms with E-state index in [4.69, 9.17) is 18.9 Å². The number of esters is 1. The van der Waals surface area contributed by atoms with Gasteiger partial charge in [-0.25, -0.2) is 4.79 Å². The molecule has 2 unspecified atom stereocenters. The van der Waals surface area contributed by atoms with E-state index in [0.29, 0.717) is 55.4 Å². The van der Waals surface area contributed by atoms with Gasteiger partial charge in [-0.1, -0.05) is 75.4 Å². The molecule has 4 aromatic carbocycles. The van der Waals surface area contributed by atoms with Gasteiger partial charge < -0.3 is 34.9 Å². The summed E-state index contributed by atoms with van der Waals surface area (Å²) in [6.45, 7) is 8.72. The fourth-order valence-electron chi connectivity index (χ4n) is 7.19. The second kappa shape index (κ2) is 20.0. The molecule has 0 saturated carbocycles. The van der Waals surface area contributed by atoms with Crippen LogP contribution in [0.25, 0.3) is 6.08 Å². The number of ether oxygens (including phenoxy) is 4. The van der Waals surface area contributed by atoms with Crippen LogP contribution in [0.4, 0.5) is 10.7 Å². The maximum atomic E-state index is 14.4. The van der Waals surface area contributed by atoms with E-state index in [0.717, 1.165) is 35.3 Å². The van der Waals surface area contributed by atoms with Crippen molar-refractivity contribution in [2.45, 2.75) is 57.1 Å². The Balaban J connectivity index is 1.29. The number of rotatable bonds is 15. The number of carbonyl (C=O) groups is 4. The van der Waals surface area contributed by atoms with Gasteiger partial charge >= 0.3 is 5.97 Å². The molecular weight excluding hydrogens is 811 g/mol. The van der Waals surface area contributed by atoms with Crippen LogP contribution >= 0.6 is 23.1 Å². The van der Waals surface area contributed by atoms with E-state index in [-0.39, 0.29) is 23.6 Å². The van der Waals surface area contributed by atoms with Gasteiger partial charge in [0.2, 0.25) is 11.7 Å². The summed E-state index contributed by atoms with van der Waals surface area (Å²) in [7, 11) is 4.48. The van der Waals surface area contributed by atoms with Crippen LogP contribution in [0.1, 0.15) is 81.6 Å². The highest BCUT2D eigenvalue weighted by Gasteiger charge is 2.35. The number of fused-ring (bicyclic) bond motifs is 1. The minimum Gasteiger partial charge on any atom is -0.493 e. The molecule has 0 radical (unpaired) electrons. The molecular formula is C48H51N3O8S2. The molecule has 2 atom stereocenters. The Bertz CT molecular complexity index is 2380. The molecule has 11 nitrogen and oxygen atoms in total. The average molecular weight is 862 g/mol. The number of hydrogen-bond acceptors (Lipinski definition) is 10. The molecule has 1 aliphatic carbocycles. The molecule has 3 N–H and O–H groups in total. The minimum absolute atomic E-state index is 0.0485. The Morgan fingerprint density at radius 2 is 1.52 bits per heavy atom. The van der Waals surface area contributed by atoms with Crippen molar-refractivity contribution in [1.29, 1.82) is 0 Å². The lowest BCUT2D eigenvalue weighted by Crippen LogP contribution is -2.30. The number of thioether (sulfide) groups is 1. The molecule has 61 heavy (non-hydrogen) atoms. The lowest BCUT2D eigenvalue weighted by molar-refractivity contribution is -0.116. The van der Waals surface area contributed by atoms with Gasteiger partial charge in [0.05, 0.1) is 33.5 Å². The van der Waals surface area contributed by atoms with Crippen molar-refractivity contribution in [3.63, 3.8) is 0 Å². The van der Waals surface area contributed by atoms with Crippen molar-refractivity contribution in [3.8, 4) is 17.2 Å². The third-order valence-electron chi connectivity index (χ3n) is 10.4. The first-order valence-corrected chi connectivity index (χ1v) is 21.7. The van der Waals surface area contributed by atoms with Crippen LogP contribution in [-0.4, -0.2) is 51.6 Å². The Morgan fingerprint density at radius 1 is 0.852 bits per heavy atom. The molecule has 0 fully saturated rings. The van der Waals surface area contributed by atoms with E-state index < -0.39 is 23.0 Å². The number of nitrogens with one attached hydrogen (secondary N) is 3. The van der Waals surface area contributed by atoms with Crippen molar-refractivity contribution in [1.82, 2.24) is 5.32 Å².